The highest BCUT2D eigenvalue weighted by atomic mass is 16.4. The van der Waals surface area contributed by atoms with Crippen molar-refractivity contribution >= 4 is 23.9 Å². The Labute approximate surface area is 144 Å². The number of nitrogens with two attached hydrogens (primary N) is 4. The van der Waals surface area contributed by atoms with E-state index in [4.69, 9.17) is 37.6 Å². The summed E-state index contributed by atoms with van der Waals surface area (Å²) in [5.74, 6) is -4.38. The topological polar surface area (TPSA) is 253 Å². The second kappa shape index (κ2) is 18.1. The van der Waals surface area contributed by atoms with Crippen molar-refractivity contribution in [2.24, 2.45) is 22.9 Å². The van der Waals surface area contributed by atoms with Crippen LogP contribution in [0.1, 0.15) is 32.1 Å². The first-order valence-corrected chi connectivity index (χ1v) is 7.30. The molecule has 0 aromatic heterocycles. The lowest BCUT2D eigenvalue weighted by molar-refractivity contribution is -0.144. The van der Waals surface area contributed by atoms with Crippen molar-refractivity contribution in [1.82, 2.24) is 0 Å². The number of hydrogen-bond donors (Lipinski definition) is 8. The highest BCUT2D eigenvalue weighted by Crippen LogP contribution is 2.01. The predicted molar refractivity (Wildman–Crippen MR) is 87.7 cm³/mol. The molecule has 0 saturated heterocycles. The summed E-state index contributed by atoms with van der Waals surface area (Å²) in [4.78, 5) is 39.1. The summed E-state index contributed by atoms with van der Waals surface area (Å²) in [6.45, 7) is 0.391. The van der Waals surface area contributed by atoms with Gasteiger partial charge < -0.3 is 43.4 Å². The molecule has 0 radical (unpaired) electrons. The second-order valence-corrected chi connectivity index (χ2v) is 4.72. The van der Waals surface area contributed by atoms with Gasteiger partial charge in [-0.25, -0.2) is 0 Å². The van der Waals surface area contributed by atoms with Gasteiger partial charge in [-0.05, 0) is 19.4 Å². The van der Waals surface area contributed by atoms with Crippen molar-refractivity contribution < 1.29 is 39.6 Å². The van der Waals surface area contributed by atoms with Crippen molar-refractivity contribution in [2.45, 2.75) is 44.2 Å². The maximum absolute atomic E-state index is 10.2. The fraction of sp³-hybridized carbons (Fsp3) is 0.692. The molecule has 0 bridgehead atoms. The maximum atomic E-state index is 10.2. The van der Waals surface area contributed by atoms with Crippen LogP contribution in [0.2, 0.25) is 0 Å². The molecule has 0 spiro atoms. The summed E-state index contributed by atoms with van der Waals surface area (Å²) in [6.07, 6.45) is 2.79. The van der Waals surface area contributed by atoms with Crippen LogP contribution in [0.5, 0.6) is 0 Å². The number of rotatable bonds is 10. The van der Waals surface area contributed by atoms with Gasteiger partial charge in [-0.3, -0.25) is 19.2 Å². The second-order valence-electron chi connectivity index (χ2n) is 4.72. The monoisotopic (exact) mass is 368 g/mol. The summed E-state index contributed by atoms with van der Waals surface area (Å²) in [7, 11) is 0. The molecule has 25 heavy (non-hydrogen) atoms. The lowest BCUT2D eigenvalue weighted by atomic mass is 10.1. The van der Waals surface area contributed by atoms with Crippen LogP contribution in [0, 0.1) is 0 Å². The summed E-state index contributed by atoms with van der Waals surface area (Å²) in [6, 6.07) is -1.99. The van der Waals surface area contributed by atoms with E-state index in [-0.39, 0.29) is 6.54 Å². The van der Waals surface area contributed by atoms with Crippen LogP contribution in [0.25, 0.3) is 0 Å². The van der Waals surface area contributed by atoms with Gasteiger partial charge >= 0.3 is 23.9 Å². The number of carbonyl (C=O) groups is 4. The third kappa shape index (κ3) is 26.9. The van der Waals surface area contributed by atoms with Crippen LogP contribution in [0.15, 0.2) is 0 Å². The molecule has 12 heteroatoms. The van der Waals surface area contributed by atoms with E-state index in [1.54, 1.807) is 0 Å². The van der Waals surface area contributed by atoms with Gasteiger partial charge in [-0.1, -0.05) is 12.8 Å². The summed E-state index contributed by atoms with van der Waals surface area (Å²) in [5.41, 5.74) is 19.9. The smallest absolute Gasteiger partial charge is 0.321 e. The van der Waals surface area contributed by atoms with Gasteiger partial charge in [0.2, 0.25) is 0 Å². The summed E-state index contributed by atoms with van der Waals surface area (Å²) in [5, 5.41) is 32.0. The van der Waals surface area contributed by atoms with E-state index in [1.807, 2.05) is 0 Å². The zero-order valence-corrected chi connectivity index (χ0v) is 13.8. The molecule has 2 unspecified atom stereocenters. The first-order chi connectivity index (χ1) is 11.5. The Morgan fingerprint density at radius 1 is 0.720 bits per heavy atom. The molecule has 12 nitrogen and oxygen atoms in total. The SMILES string of the molecule is NC(CC(=O)O)C(=O)O.NCC(=O)O.NCCCCCC(N)C(=O)O. The third-order valence-corrected chi connectivity index (χ3v) is 2.42. The van der Waals surface area contributed by atoms with Gasteiger partial charge in [-0.15, -0.1) is 0 Å². The van der Waals surface area contributed by atoms with E-state index < -0.39 is 42.4 Å². The molecule has 0 aromatic rings. The van der Waals surface area contributed by atoms with E-state index in [1.165, 1.54) is 0 Å². The van der Waals surface area contributed by atoms with Crippen molar-refractivity contribution in [3.63, 3.8) is 0 Å². The van der Waals surface area contributed by atoms with Crippen molar-refractivity contribution in [2.75, 3.05) is 13.1 Å². The first kappa shape index (κ1) is 27.6. The number of carboxylic acids is 4. The van der Waals surface area contributed by atoms with Crippen LogP contribution in [0.3, 0.4) is 0 Å². The lowest BCUT2D eigenvalue weighted by Crippen LogP contribution is -2.32. The molecule has 0 rings (SSSR count). The Kier molecular flexibility index (Phi) is 19.9. The lowest BCUT2D eigenvalue weighted by Gasteiger charge is -2.04. The van der Waals surface area contributed by atoms with E-state index in [0.717, 1.165) is 19.3 Å². The normalized spacial score (nSPS) is 11.7. The fourth-order valence-electron chi connectivity index (χ4n) is 1.08. The molecular formula is C13H28N4O8. The molecule has 0 aromatic carbocycles. The van der Waals surface area contributed by atoms with Crippen molar-refractivity contribution in [3.05, 3.63) is 0 Å². The minimum absolute atomic E-state index is 0.278. The largest absolute Gasteiger partial charge is 0.481 e. The average molecular weight is 368 g/mol. The average Bonchev–Trinajstić information content (AvgIpc) is 2.51. The minimum Gasteiger partial charge on any atom is -0.481 e. The van der Waals surface area contributed by atoms with Gasteiger partial charge in [0.25, 0.3) is 0 Å². The standard InChI is InChI=1S/C7H16N2O2.C4H7NO4.C2H5NO2/c8-5-3-1-2-4-6(9)7(10)11;5-2(4(8)9)1-3(6)7;3-1-2(4)5/h6H,1-5,8-9H2,(H,10,11);2H,1,5H2,(H,6,7)(H,8,9);1,3H2,(H,4,5). The molecule has 0 aliphatic carbocycles. The maximum Gasteiger partial charge on any atom is 0.321 e. The molecule has 12 N–H and O–H groups in total. The van der Waals surface area contributed by atoms with Gasteiger partial charge in [-0.2, -0.15) is 0 Å². The highest BCUT2D eigenvalue weighted by Gasteiger charge is 2.14. The molecule has 0 aliphatic rings. The van der Waals surface area contributed by atoms with Gasteiger partial charge in [0.05, 0.1) is 13.0 Å². The first-order valence-electron chi connectivity index (χ1n) is 7.30. The minimum atomic E-state index is -1.29. The van der Waals surface area contributed by atoms with Crippen LogP contribution in [-0.4, -0.2) is 69.5 Å². The van der Waals surface area contributed by atoms with Gasteiger partial charge in [0, 0.05) is 0 Å². The van der Waals surface area contributed by atoms with E-state index in [2.05, 4.69) is 5.73 Å². The molecule has 148 valence electrons. The number of aliphatic carboxylic acids is 4. The molecule has 0 heterocycles. The molecule has 0 amide bonds. The summed E-state index contributed by atoms with van der Waals surface area (Å²) < 4.78 is 0. The quantitative estimate of drug-likeness (QED) is 0.191. The zero-order valence-electron chi connectivity index (χ0n) is 13.8. The predicted octanol–water partition coefficient (Wildman–Crippen LogP) is -2.18. The van der Waals surface area contributed by atoms with E-state index >= 15 is 0 Å². The van der Waals surface area contributed by atoms with Crippen LogP contribution in [-0.2, 0) is 19.2 Å². The Balaban J connectivity index is -0.000000311. The summed E-state index contributed by atoms with van der Waals surface area (Å²) >= 11 is 0. The Morgan fingerprint density at radius 3 is 1.40 bits per heavy atom. The molecular weight excluding hydrogens is 340 g/mol. The van der Waals surface area contributed by atoms with Gasteiger partial charge in [0.1, 0.15) is 12.1 Å². The Morgan fingerprint density at radius 2 is 1.16 bits per heavy atom. The third-order valence-electron chi connectivity index (χ3n) is 2.42. The Bertz CT molecular complexity index is 405. The van der Waals surface area contributed by atoms with Crippen LogP contribution in [0.4, 0.5) is 0 Å². The van der Waals surface area contributed by atoms with Crippen molar-refractivity contribution in [3.8, 4) is 0 Å². The fourth-order valence-corrected chi connectivity index (χ4v) is 1.08. The molecule has 2 atom stereocenters. The molecule has 0 saturated carbocycles. The Hall–Kier alpha value is -2.28. The van der Waals surface area contributed by atoms with Crippen LogP contribution < -0.4 is 22.9 Å². The highest BCUT2D eigenvalue weighted by molar-refractivity contribution is 5.80. The van der Waals surface area contributed by atoms with Crippen molar-refractivity contribution in [1.29, 1.82) is 0 Å². The number of unbranched alkanes of at least 4 members (excludes halogenated alkanes) is 2. The van der Waals surface area contributed by atoms with Gasteiger partial charge in [0.15, 0.2) is 0 Å². The molecule has 0 aliphatic heterocycles. The van der Waals surface area contributed by atoms with E-state index in [9.17, 15) is 19.2 Å². The van der Waals surface area contributed by atoms with E-state index in [0.29, 0.717) is 13.0 Å². The van der Waals surface area contributed by atoms with Crippen LogP contribution >= 0.6 is 0 Å². The number of hydrogen-bond acceptors (Lipinski definition) is 8. The molecule has 0 fully saturated rings. The number of carboxylic acid groups (broad SMARTS) is 4. The zero-order chi connectivity index (χ0) is 20.4.